The van der Waals surface area contributed by atoms with Gasteiger partial charge in [-0.2, -0.15) is 0 Å². The van der Waals surface area contributed by atoms with E-state index in [-0.39, 0.29) is 12.2 Å². The summed E-state index contributed by atoms with van der Waals surface area (Å²) in [5, 5.41) is 0.308. The number of pyridine rings is 2. The first-order valence-corrected chi connectivity index (χ1v) is 5.46. The molecule has 2 N–H and O–H groups in total. The summed E-state index contributed by atoms with van der Waals surface area (Å²) in [5.41, 5.74) is 6.02. The van der Waals surface area contributed by atoms with Crippen molar-refractivity contribution in [2.45, 2.75) is 6.92 Å². The molecule has 0 saturated carbocycles. The Hall–Kier alpha value is -2.37. The summed E-state index contributed by atoms with van der Waals surface area (Å²) >= 11 is 0. The minimum atomic E-state index is -0.637. The van der Waals surface area contributed by atoms with E-state index >= 15 is 0 Å². The van der Waals surface area contributed by atoms with E-state index in [1.54, 1.807) is 18.5 Å². The van der Waals surface area contributed by atoms with Gasteiger partial charge in [0.15, 0.2) is 0 Å². The number of hydrogen-bond donors (Lipinski definition) is 1. The SMILES string of the molecule is CCOC(=O)c1cn(C)c2ncc(N)cc2c1=O. The molecule has 0 aliphatic carbocycles. The fourth-order valence-corrected chi connectivity index (χ4v) is 1.73. The van der Waals surface area contributed by atoms with Crippen LogP contribution in [0.3, 0.4) is 0 Å². The molecule has 2 heterocycles. The normalized spacial score (nSPS) is 10.6. The van der Waals surface area contributed by atoms with Gasteiger partial charge in [-0.3, -0.25) is 4.79 Å². The van der Waals surface area contributed by atoms with Gasteiger partial charge in [0.05, 0.1) is 23.9 Å². The van der Waals surface area contributed by atoms with Gasteiger partial charge in [0.25, 0.3) is 0 Å². The molecule has 0 amide bonds. The summed E-state index contributed by atoms with van der Waals surface area (Å²) in [6, 6.07) is 1.51. The molecule has 0 atom stereocenters. The number of nitrogen functional groups attached to an aromatic ring is 1. The molecule has 0 aromatic carbocycles. The van der Waals surface area contributed by atoms with Gasteiger partial charge < -0.3 is 15.0 Å². The number of esters is 1. The molecule has 2 aromatic heterocycles. The lowest BCUT2D eigenvalue weighted by Crippen LogP contribution is -2.20. The standard InChI is InChI=1S/C12H13N3O3/c1-3-18-12(17)9-6-15(2)11-8(10(9)16)4-7(13)5-14-11/h4-6H,3,13H2,1-2H3. The van der Waals surface area contributed by atoms with E-state index in [0.717, 1.165) is 0 Å². The van der Waals surface area contributed by atoms with Crippen molar-refractivity contribution in [3.05, 3.63) is 34.2 Å². The third kappa shape index (κ3) is 1.92. The van der Waals surface area contributed by atoms with Crippen molar-refractivity contribution in [1.82, 2.24) is 9.55 Å². The van der Waals surface area contributed by atoms with E-state index in [9.17, 15) is 9.59 Å². The van der Waals surface area contributed by atoms with Gasteiger partial charge in [0, 0.05) is 13.2 Å². The Morgan fingerprint density at radius 1 is 1.56 bits per heavy atom. The lowest BCUT2D eigenvalue weighted by atomic mass is 10.2. The molecule has 0 radical (unpaired) electrons. The molecule has 2 aromatic rings. The lowest BCUT2D eigenvalue weighted by molar-refractivity contribution is 0.0524. The summed E-state index contributed by atoms with van der Waals surface area (Å²) in [4.78, 5) is 27.9. The number of nitrogens with zero attached hydrogens (tertiary/aromatic N) is 2. The summed E-state index contributed by atoms with van der Waals surface area (Å²) in [6.45, 7) is 1.90. The second kappa shape index (κ2) is 4.48. The first-order valence-electron chi connectivity index (χ1n) is 5.46. The van der Waals surface area contributed by atoms with Gasteiger partial charge in [-0.15, -0.1) is 0 Å². The van der Waals surface area contributed by atoms with Crippen molar-refractivity contribution in [1.29, 1.82) is 0 Å². The Kier molecular flexibility index (Phi) is 3.01. The quantitative estimate of drug-likeness (QED) is 0.789. The van der Waals surface area contributed by atoms with E-state index in [2.05, 4.69) is 4.98 Å². The van der Waals surface area contributed by atoms with Crippen molar-refractivity contribution in [3.8, 4) is 0 Å². The molecule has 0 aliphatic heterocycles. The Balaban J connectivity index is 2.75. The van der Waals surface area contributed by atoms with Crippen LogP contribution < -0.4 is 11.2 Å². The number of rotatable bonds is 2. The van der Waals surface area contributed by atoms with Crippen LogP contribution in [-0.2, 0) is 11.8 Å². The number of fused-ring (bicyclic) bond motifs is 1. The van der Waals surface area contributed by atoms with Gasteiger partial charge in [-0.1, -0.05) is 0 Å². The predicted molar refractivity (Wildman–Crippen MR) is 67.4 cm³/mol. The fraction of sp³-hybridized carbons (Fsp3) is 0.250. The van der Waals surface area contributed by atoms with Crippen molar-refractivity contribution in [3.63, 3.8) is 0 Å². The summed E-state index contributed by atoms with van der Waals surface area (Å²) in [5.74, 6) is -0.637. The van der Waals surface area contributed by atoms with Crippen LogP contribution in [-0.4, -0.2) is 22.1 Å². The topological polar surface area (TPSA) is 87.2 Å². The van der Waals surface area contributed by atoms with E-state index in [1.807, 2.05) is 0 Å². The molecule has 0 unspecified atom stereocenters. The molecule has 0 spiro atoms. The number of hydrogen-bond acceptors (Lipinski definition) is 5. The zero-order valence-corrected chi connectivity index (χ0v) is 10.1. The van der Waals surface area contributed by atoms with Crippen LogP contribution >= 0.6 is 0 Å². The predicted octanol–water partition coefficient (Wildman–Crippen LogP) is 0.692. The average molecular weight is 247 g/mol. The van der Waals surface area contributed by atoms with Gasteiger partial charge >= 0.3 is 5.97 Å². The molecule has 6 heteroatoms. The molecular weight excluding hydrogens is 234 g/mol. The molecular formula is C12H13N3O3. The zero-order valence-electron chi connectivity index (χ0n) is 10.1. The number of carbonyl (C=O) groups excluding carboxylic acids is 1. The Bertz CT molecular complexity index is 676. The minimum absolute atomic E-state index is 0.0146. The number of ether oxygens (including phenoxy) is 1. The van der Waals surface area contributed by atoms with E-state index in [0.29, 0.717) is 16.7 Å². The van der Waals surface area contributed by atoms with E-state index in [4.69, 9.17) is 10.5 Å². The number of carbonyl (C=O) groups is 1. The van der Waals surface area contributed by atoms with Gasteiger partial charge in [0.1, 0.15) is 11.2 Å². The first-order chi connectivity index (χ1) is 8.54. The molecule has 18 heavy (non-hydrogen) atoms. The second-order valence-corrected chi connectivity index (χ2v) is 3.84. The molecule has 2 rings (SSSR count). The van der Waals surface area contributed by atoms with Crippen molar-refractivity contribution in [2.24, 2.45) is 7.05 Å². The average Bonchev–Trinajstić information content (AvgIpc) is 2.33. The molecule has 0 aliphatic rings. The van der Waals surface area contributed by atoms with Crippen LogP contribution in [0.15, 0.2) is 23.3 Å². The highest BCUT2D eigenvalue weighted by Crippen LogP contribution is 2.11. The van der Waals surface area contributed by atoms with Crippen LogP contribution in [0.25, 0.3) is 11.0 Å². The highest BCUT2D eigenvalue weighted by Gasteiger charge is 2.16. The molecule has 94 valence electrons. The third-order valence-corrected chi connectivity index (χ3v) is 2.53. The minimum Gasteiger partial charge on any atom is -0.462 e. The summed E-state index contributed by atoms with van der Waals surface area (Å²) in [6.07, 6.45) is 2.89. The molecule has 0 fully saturated rings. The van der Waals surface area contributed by atoms with Crippen LogP contribution in [0.2, 0.25) is 0 Å². The highest BCUT2D eigenvalue weighted by atomic mass is 16.5. The molecule has 0 saturated heterocycles. The van der Waals surface area contributed by atoms with Crippen LogP contribution in [0, 0.1) is 0 Å². The maximum atomic E-state index is 12.1. The Morgan fingerprint density at radius 2 is 2.28 bits per heavy atom. The second-order valence-electron chi connectivity index (χ2n) is 3.84. The molecule has 0 bridgehead atoms. The summed E-state index contributed by atoms with van der Waals surface area (Å²) < 4.78 is 6.44. The lowest BCUT2D eigenvalue weighted by Gasteiger charge is -2.08. The summed E-state index contributed by atoms with van der Waals surface area (Å²) in [7, 11) is 1.70. The van der Waals surface area contributed by atoms with Gasteiger partial charge in [0.2, 0.25) is 5.43 Å². The number of aryl methyl sites for hydroxylation is 1. The fourth-order valence-electron chi connectivity index (χ4n) is 1.73. The van der Waals surface area contributed by atoms with Gasteiger partial charge in [-0.05, 0) is 13.0 Å². The Morgan fingerprint density at radius 3 is 2.94 bits per heavy atom. The van der Waals surface area contributed by atoms with E-state index in [1.165, 1.54) is 18.5 Å². The van der Waals surface area contributed by atoms with Crippen molar-refractivity contribution < 1.29 is 9.53 Å². The van der Waals surface area contributed by atoms with E-state index < -0.39 is 11.4 Å². The maximum absolute atomic E-state index is 12.1. The largest absolute Gasteiger partial charge is 0.462 e. The number of nitrogens with two attached hydrogens (primary N) is 1. The monoisotopic (exact) mass is 247 g/mol. The first kappa shape index (κ1) is 12.1. The van der Waals surface area contributed by atoms with Crippen LogP contribution in [0.4, 0.5) is 5.69 Å². The smallest absolute Gasteiger partial charge is 0.343 e. The zero-order chi connectivity index (χ0) is 13.3. The molecule has 6 nitrogen and oxygen atoms in total. The van der Waals surface area contributed by atoms with Crippen LogP contribution in [0.1, 0.15) is 17.3 Å². The maximum Gasteiger partial charge on any atom is 0.343 e. The Labute approximate surface area is 103 Å². The van der Waals surface area contributed by atoms with Crippen LogP contribution in [0.5, 0.6) is 0 Å². The number of anilines is 1. The van der Waals surface area contributed by atoms with Gasteiger partial charge in [-0.25, -0.2) is 9.78 Å². The number of aromatic nitrogens is 2. The van der Waals surface area contributed by atoms with Crippen molar-refractivity contribution >= 4 is 22.7 Å². The van der Waals surface area contributed by atoms with Crippen molar-refractivity contribution in [2.75, 3.05) is 12.3 Å². The third-order valence-electron chi connectivity index (χ3n) is 2.53. The highest BCUT2D eigenvalue weighted by molar-refractivity contribution is 5.93.